The van der Waals surface area contributed by atoms with Crippen molar-refractivity contribution in [3.05, 3.63) is 29.8 Å². The number of sulfonamides is 1. The van der Waals surface area contributed by atoms with Gasteiger partial charge in [-0.05, 0) is 38.6 Å². The van der Waals surface area contributed by atoms with E-state index in [1.807, 2.05) is 12.1 Å². The summed E-state index contributed by atoms with van der Waals surface area (Å²) in [7, 11) is -1.06. The third kappa shape index (κ3) is 4.43. The highest BCUT2D eigenvalue weighted by Crippen LogP contribution is 2.17. The minimum Gasteiger partial charge on any atom is -0.369 e. The number of anilines is 1. The van der Waals surface area contributed by atoms with Gasteiger partial charge in [-0.25, -0.2) is 13.1 Å². The Bertz CT molecular complexity index is 547. The highest BCUT2D eigenvalue weighted by Gasteiger charge is 2.16. The number of piperazine rings is 1. The zero-order valence-electron chi connectivity index (χ0n) is 13.0. The van der Waals surface area contributed by atoms with Gasteiger partial charge in [0.25, 0.3) is 0 Å². The predicted octanol–water partition coefficient (Wildman–Crippen LogP) is 1.27. The minimum atomic E-state index is -3.20. The maximum Gasteiger partial charge on any atom is 0.214 e. The van der Waals surface area contributed by atoms with E-state index in [1.54, 1.807) is 13.8 Å². The van der Waals surface area contributed by atoms with E-state index in [4.69, 9.17) is 0 Å². The Morgan fingerprint density at radius 1 is 1.10 bits per heavy atom. The number of nitrogens with one attached hydrogen (secondary N) is 1. The van der Waals surface area contributed by atoms with Crippen molar-refractivity contribution in [1.82, 2.24) is 9.62 Å². The molecule has 118 valence electrons. The summed E-state index contributed by atoms with van der Waals surface area (Å²) in [5, 5.41) is -0.401. The fourth-order valence-corrected chi connectivity index (χ4v) is 2.94. The lowest BCUT2D eigenvalue weighted by atomic mass is 10.2. The SMILES string of the molecule is CC(C)S(=O)(=O)NCc1ccc(N2CCN(C)CC2)cc1. The molecule has 21 heavy (non-hydrogen) atoms. The molecule has 0 bridgehead atoms. The summed E-state index contributed by atoms with van der Waals surface area (Å²) in [6.07, 6.45) is 0. The van der Waals surface area contributed by atoms with Gasteiger partial charge in [0.15, 0.2) is 0 Å². The third-order valence-electron chi connectivity index (χ3n) is 3.90. The first kappa shape index (κ1) is 16.3. The van der Waals surface area contributed by atoms with Gasteiger partial charge < -0.3 is 9.80 Å². The quantitative estimate of drug-likeness (QED) is 0.890. The molecule has 1 aliphatic rings. The van der Waals surface area contributed by atoms with Crippen LogP contribution in [0.2, 0.25) is 0 Å². The van der Waals surface area contributed by atoms with Crippen LogP contribution >= 0.6 is 0 Å². The normalized spacial score (nSPS) is 17.4. The Kier molecular flexibility index (Phi) is 5.24. The van der Waals surface area contributed by atoms with Crippen molar-refractivity contribution >= 4 is 15.7 Å². The Hall–Kier alpha value is -1.11. The standard InChI is InChI=1S/C15H25N3O2S/c1-13(2)21(19,20)16-12-14-4-6-15(7-5-14)18-10-8-17(3)9-11-18/h4-7,13,16H,8-12H2,1-3H3. The number of hydrogen-bond acceptors (Lipinski definition) is 4. The second kappa shape index (κ2) is 6.77. The van der Waals surface area contributed by atoms with Crippen LogP contribution in [0.25, 0.3) is 0 Å². The highest BCUT2D eigenvalue weighted by molar-refractivity contribution is 7.90. The average molecular weight is 311 g/mol. The molecule has 1 aromatic carbocycles. The molecule has 6 heteroatoms. The smallest absolute Gasteiger partial charge is 0.214 e. The maximum absolute atomic E-state index is 11.7. The van der Waals surface area contributed by atoms with E-state index in [-0.39, 0.29) is 0 Å². The lowest BCUT2D eigenvalue weighted by Gasteiger charge is -2.34. The maximum atomic E-state index is 11.7. The van der Waals surface area contributed by atoms with Crippen molar-refractivity contribution in [1.29, 1.82) is 0 Å². The van der Waals surface area contributed by atoms with E-state index in [0.717, 1.165) is 31.7 Å². The van der Waals surface area contributed by atoms with Crippen LogP contribution in [0.3, 0.4) is 0 Å². The first-order chi connectivity index (χ1) is 9.88. The molecule has 0 spiro atoms. The van der Waals surface area contributed by atoms with Gasteiger partial charge in [0.2, 0.25) is 10.0 Å². The van der Waals surface area contributed by atoms with E-state index in [9.17, 15) is 8.42 Å². The summed E-state index contributed by atoms with van der Waals surface area (Å²) in [5.74, 6) is 0. The molecule has 1 saturated heterocycles. The van der Waals surface area contributed by atoms with Gasteiger partial charge in [-0.1, -0.05) is 12.1 Å². The molecule has 0 saturated carbocycles. The molecule has 1 N–H and O–H groups in total. The van der Waals surface area contributed by atoms with Crippen molar-refractivity contribution in [3.8, 4) is 0 Å². The van der Waals surface area contributed by atoms with E-state index in [1.165, 1.54) is 5.69 Å². The van der Waals surface area contributed by atoms with Crippen molar-refractivity contribution in [3.63, 3.8) is 0 Å². The Morgan fingerprint density at radius 3 is 2.19 bits per heavy atom. The zero-order valence-corrected chi connectivity index (χ0v) is 13.9. The number of nitrogens with zero attached hydrogens (tertiary/aromatic N) is 2. The van der Waals surface area contributed by atoms with Gasteiger partial charge in [-0.2, -0.15) is 0 Å². The van der Waals surface area contributed by atoms with Crippen LogP contribution < -0.4 is 9.62 Å². The monoisotopic (exact) mass is 311 g/mol. The molecule has 0 atom stereocenters. The first-order valence-electron chi connectivity index (χ1n) is 7.39. The summed E-state index contributed by atoms with van der Waals surface area (Å²) < 4.78 is 26.1. The van der Waals surface area contributed by atoms with Gasteiger partial charge in [-0.15, -0.1) is 0 Å². The van der Waals surface area contributed by atoms with Crippen LogP contribution in [0.4, 0.5) is 5.69 Å². The fraction of sp³-hybridized carbons (Fsp3) is 0.600. The average Bonchev–Trinajstić information content (AvgIpc) is 2.46. The second-order valence-electron chi connectivity index (χ2n) is 5.87. The Morgan fingerprint density at radius 2 is 1.67 bits per heavy atom. The highest BCUT2D eigenvalue weighted by atomic mass is 32.2. The summed E-state index contributed by atoms with van der Waals surface area (Å²) in [5.41, 5.74) is 2.19. The summed E-state index contributed by atoms with van der Waals surface area (Å²) >= 11 is 0. The lowest BCUT2D eigenvalue weighted by Crippen LogP contribution is -2.44. The number of benzene rings is 1. The van der Waals surface area contributed by atoms with Crippen molar-refractivity contribution in [2.45, 2.75) is 25.6 Å². The number of likely N-dealkylation sites (N-methyl/N-ethyl adjacent to an activating group) is 1. The molecule has 1 aromatic rings. The number of rotatable bonds is 5. The minimum absolute atomic E-state index is 0.351. The van der Waals surface area contributed by atoms with Gasteiger partial charge in [0.1, 0.15) is 0 Å². The molecule has 0 aromatic heterocycles. The van der Waals surface area contributed by atoms with Gasteiger partial charge in [0, 0.05) is 38.4 Å². The van der Waals surface area contributed by atoms with Crippen LogP contribution in [-0.4, -0.2) is 51.8 Å². The molecule has 0 radical (unpaired) electrons. The van der Waals surface area contributed by atoms with Crippen molar-refractivity contribution < 1.29 is 8.42 Å². The molecule has 0 aliphatic carbocycles. The Labute approximate surface area is 128 Å². The van der Waals surface area contributed by atoms with E-state index >= 15 is 0 Å². The third-order valence-corrected chi connectivity index (χ3v) is 5.69. The van der Waals surface area contributed by atoms with Crippen LogP contribution in [0.5, 0.6) is 0 Å². The van der Waals surface area contributed by atoms with E-state index in [0.29, 0.717) is 6.54 Å². The number of hydrogen-bond donors (Lipinski definition) is 1. The van der Waals surface area contributed by atoms with Crippen LogP contribution in [-0.2, 0) is 16.6 Å². The van der Waals surface area contributed by atoms with E-state index in [2.05, 4.69) is 33.7 Å². The van der Waals surface area contributed by atoms with Crippen LogP contribution in [0.1, 0.15) is 19.4 Å². The molecule has 1 aliphatic heterocycles. The molecule has 1 fully saturated rings. The molecule has 1 heterocycles. The molecule has 0 amide bonds. The summed E-state index contributed by atoms with van der Waals surface area (Å²) in [6.45, 7) is 7.94. The summed E-state index contributed by atoms with van der Waals surface area (Å²) in [6, 6.07) is 8.14. The molecule has 2 rings (SSSR count). The molecule has 0 unspecified atom stereocenters. The van der Waals surface area contributed by atoms with Crippen LogP contribution in [0, 0.1) is 0 Å². The topological polar surface area (TPSA) is 52.7 Å². The fourth-order valence-electron chi connectivity index (χ4n) is 2.24. The Balaban J connectivity index is 1.93. The van der Waals surface area contributed by atoms with Crippen molar-refractivity contribution in [2.24, 2.45) is 0 Å². The zero-order chi connectivity index (χ0) is 15.5. The predicted molar refractivity (Wildman–Crippen MR) is 87.0 cm³/mol. The van der Waals surface area contributed by atoms with Gasteiger partial charge in [0.05, 0.1) is 5.25 Å². The van der Waals surface area contributed by atoms with Gasteiger partial charge in [-0.3, -0.25) is 0 Å². The summed E-state index contributed by atoms with van der Waals surface area (Å²) in [4.78, 5) is 4.69. The molecular weight excluding hydrogens is 286 g/mol. The molecular formula is C15H25N3O2S. The largest absolute Gasteiger partial charge is 0.369 e. The lowest BCUT2D eigenvalue weighted by molar-refractivity contribution is 0.313. The van der Waals surface area contributed by atoms with Crippen LogP contribution in [0.15, 0.2) is 24.3 Å². The van der Waals surface area contributed by atoms with E-state index < -0.39 is 15.3 Å². The van der Waals surface area contributed by atoms with Crippen molar-refractivity contribution in [2.75, 3.05) is 38.1 Å². The second-order valence-corrected chi connectivity index (χ2v) is 8.19. The van der Waals surface area contributed by atoms with Gasteiger partial charge >= 0.3 is 0 Å². The molecule has 5 nitrogen and oxygen atoms in total. The first-order valence-corrected chi connectivity index (χ1v) is 8.94.